The number of hydrogen-bond donors (Lipinski definition) is 3. The summed E-state index contributed by atoms with van der Waals surface area (Å²) in [5.74, 6) is -7.20. The highest BCUT2D eigenvalue weighted by Crippen LogP contribution is 2.42. The summed E-state index contributed by atoms with van der Waals surface area (Å²) in [6, 6.07) is -0.887. The van der Waals surface area contributed by atoms with Crippen LogP contribution in [0.1, 0.15) is 90.2 Å². The number of imidazole rings is 1. The Morgan fingerprint density at radius 1 is 1.13 bits per heavy atom. The second-order valence-electron chi connectivity index (χ2n) is 12.2. The summed E-state index contributed by atoms with van der Waals surface area (Å²) in [6.07, 6.45) is -2.89. The molecule has 2 aliphatic heterocycles. The molecule has 1 aliphatic carbocycles. The normalized spacial score (nSPS) is 23.7. The van der Waals surface area contributed by atoms with Crippen LogP contribution in [0.15, 0.2) is 10.8 Å². The molecule has 18 heteroatoms. The molecule has 2 amide bonds. The number of nitrogens with one attached hydrogen (secondary N) is 2. The topological polar surface area (TPSA) is 170 Å². The van der Waals surface area contributed by atoms with E-state index in [-0.39, 0.29) is 67.3 Å². The first-order valence-corrected chi connectivity index (χ1v) is 15.2. The van der Waals surface area contributed by atoms with Gasteiger partial charge in [0.15, 0.2) is 5.69 Å². The fourth-order valence-corrected chi connectivity index (χ4v) is 6.56. The summed E-state index contributed by atoms with van der Waals surface area (Å²) >= 11 is 0. The van der Waals surface area contributed by atoms with Crippen molar-refractivity contribution in [3.05, 3.63) is 34.7 Å². The summed E-state index contributed by atoms with van der Waals surface area (Å²) in [6.45, 7) is -0.200. The van der Waals surface area contributed by atoms with Gasteiger partial charge in [-0.15, -0.1) is 0 Å². The fourth-order valence-electron chi connectivity index (χ4n) is 6.56. The third kappa shape index (κ3) is 6.82. The van der Waals surface area contributed by atoms with Gasteiger partial charge >= 0.3 is 6.18 Å². The molecule has 250 valence electrons. The van der Waals surface area contributed by atoms with Crippen LogP contribution in [0, 0.1) is 17.8 Å². The van der Waals surface area contributed by atoms with Crippen molar-refractivity contribution in [2.75, 3.05) is 19.8 Å². The van der Waals surface area contributed by atoms with E-state index >= 15 is 0 Å². The lowest BCUT2D eigenvalue weighted by molar-refractivity contribution is -0.183. The molecule has 3 N–H and O–H groups in total. The number of aromatic nitrogens is 6. The van der Waals surface area contributed by atoms with Crippen molar-refractivity contribution < 1.29 is 46.0 Å². The predicted molar refractivity (Wildman–Crippen MR) is 145 cm³/mol. The van der Waals surface area contributed by atoms with E-state index < -0.39 is 60.9 Å². The minimum absolute atomic E-state index is 0.0757. The van der Waals surface area contributed by atoms with Crippen molar-refractivity contribution in [1.82, 2.24) is 40.5 Å². The average molecular weight is 657 g/mol. The van der Waals surface area contributed by atoms with Crippen LogP contribution in [-0.4, -0.2) is 78.7 Å². The molecule has 13 nitrogen and oxygen atoms in total. The van der Waals surface area contributed by atoms with Gasteiger partial charge in [-0.2, -0.15) is 18.3 Å². The Kier molecular flexibility index (Phi) is 8.93. The summed E-state index contributed by atoms with van der Waals surface area (Å²) in [5, 5.41) is 26.4. The van der Waals surface area contributed by atoms with Gasteiger partial charge in [0.2, 0.25) is 11.8 Å². The Morgan fingerprint density at radius 3 is 2.57 bits per heavy atom. The number of carbonyl (C=O) groups is 2. The quantitative estimate of drug-likeness (QED) is 0.307. The van der Waals surface area contributed by atoms with Crippen LogP contribution in [0.3, 0.4) is 0 Å². The number of amides is 2. The Morgan fingerprint density at radius 2 is 1.87 bits per heavy atom. The molecule has 6 rings (SSSR count). The lowest BCUT2D eigenvalue weighted by Gasteiger charge is -2.33. The third-order valence-corrected chi connectivity index (χ3v) is 9.17. The van der Waals surface area contributed by atoms with Crippen molar-refractivity contribution in [2.45, 2.75) is 82.0 Å². The highest BCUT2D eigenvalue weighted by molar-refractivity contribution is 5.93. The van der Waals surface area contributed by atoms with Crippen LogP contribution < -0.4 is 10.6 Å². The monoisotopic (exact) mass is 656 g/mol. The minimum atomic E-state index is -4.47. The molecule has 3 fully saturated rings. The zero-order chi connectivity index (χ0) is 32.6. The maximum Gasteiger partial charge on any atom is 0.393 e. The molecular formula is C28H33F5N8O5. The van der Waals surface area contributed by atoms with Crippen molar-refractivity contribution >= 4 is 17.6 Å². The van der Waals surface area contributed by atoms with Crippen LogP contribution >= 0.6 is 0 Å². The number of aliphatic hydroxyl groups is 1. The standard InChI is InChI=1S/C28H33F5N8O5/c29-27(30)5-1-14(2-6-27)22(36-25(44)23-20(13-42)39-46-40-23)19-12-41-26(35-19)37-21(15-3-7-45-8-4-15)18(38-41)10-16-9-17(28(31,32)33)11-34-24(16)43/h12,14-17,22,42H,1-11,13H2,(H,34,43)(H,36,44)/t16-,17-,22+/m1/s1. The van der Waals surface area contributed by atoms with Gasteiger partial charge in [-0.3, -0.25) is 9.59 Å². The Balaban J connectivity index is 1.35. The number of aliphatic hydroxyl groups excluding tert-OH is 1. The van der Waals surface area contributed by atoms with Crippen molar-refractivity contribution in [2.24, 2.45) is 17.8 Å². The minimum Gasteiger partial charge on any atom is -0.390 e. The first-order valence-electron chi connectivity index (χ1n) is 15.2. The van der Waals surface area contributed by atoms with Gasteiger partial charge in [0, 0.05) is 50.9 Å². The molecule has 46 heavy (non-hydrogen) atoms. The van der Waals surface area contributed by atoms with Crippen LogP contribution in [0.2, 0.25) is 0 Å². The van der Waals surface area contributed by atoms with Gasteiger partial charge in [-0.25, -0.2) is 27.9 Å². The number of halogens is 5. The number of carbonyl (C=O) groups excluding carboxylic acids is 2. The maximum absolute atomic E-state index is 14.1. The molecule has 3 aliphatic rings. The highest BCUT2D eigenvalue weighted by atomic mass is 19.4. The zero-order valence-electron chi connectivity index (χ0n) is 24.6. The van der Waals surface area contributed by atoms with E-state index in [1.807, 2.05) is 0 Å². The van der Waals surface area contributed by atoms with E-state index in [0.29, 0.717) is 37.4 Å². The molecule has 3 aromatic rings. The molecule has 2 saturated heterocycles. The van der Waals surface area contributed by atoms with E-state index in [2.05, 4.69) is 35.7 Å². The van der Waals surface area contributed by atoms with E-state index in [1.165, 1.54) is 10.7 Å². The van der Waals surface area contributed by atoms with E-state index in [9.17, 15) is 36.6 Å². The first-order chi connectivity index (χ1) is 21.9. The molecule has 3 aromatic heterocycles. The van der Waals surface area contributed by atoms with Gasteiger partial charge in [-0.05, 0) is 43.2 Å². The molecule has 0 aromatic carbocycles. The van der Waals surface area contributed by atoms with E-state index in [1.54, 1.807) is 0 Å². The molecule has 0 spiro atoms. The van der Waals surface area contributed by atoms with Gasteiger partial charge < -0.3 is 20.5 Å². The number of hydrogen-bond acceptors (Lipinski definition) is 10. The molecule has 0 unspecified atom stereocenters. The lowest BCUT2D eigenvalue weighted by atomic mass is 9.81. The van der Waals surface area contributed by atoms with Crippen molar-refractivity contribution in [3.63, 3.8) is 0 Å². The maximum atomic E-state index is 14.1. The predicted octanol–water partition coefficient (Wildman–Crippen LogP) is 3.05. The van der Waals surface area contributed by atoms with Crippen LogP contribution in [0.25, 0.3) is 5.78 Å². The summed E-state index contributed by atoms with van der Waals surface area (Å²) in [5.41, 5.74) is 0.767. The molecule has 1 saturated carbocycles. The summed E-state index contributed by atoms with van der Waals surface area (Å²) in [7, 11) is 0. The Labute approximate surface area is 258 Å². The third-order valence-electron chi connectivity index (χ3n) is 9.17. The number of alkyl halides is 5. The summed E-state index contributed by atoms with van der Waals surface area (Å²) in [4.78, 5) is 35.3. The van der Waals surface area contributed by atoms with E-state index in [0.717, 1.165) is 0 Å². The number of ether oxygens (including phenoxy) is 1. The largest absolute Gasteiger partial charge is 0.393 e. The number of piperidine rings is 1. The molecule has 0 bridgehead atoms. The molecule has 3 atom stereocenters. The second kappa shape index (κ2) is 12.8. The van der Waals surface area contributed by atoms with Gasteiger partial charge in [0.05, 0.1) is 41.8 Å². The smallest absolute Gasteiger partial charge is 0.390 e. The Hall–Kier alpha value is -3.80. The zero-order valence-corrected chi connectivity index (χ0v) is 24.6. The van der Waals surface area contributed by atoms with Gasteiger partial charge in [0.1, 0.15) is 5.69 Å². The molecule has 5 heterocycles. The molecule has 0 radical (unpaired) electrons. The number of nitrogens with zero attached hydrogens (tertiary/aromatic N) is 6. The average Bonchev–Trinajstić information content (AvgIpc) is 3.67. The number of fused-ring (bicyclic) bond motifs is 1. The highest BCUT2D eigenvalue weighted by Gasteiger charge is 2.45. The van der Waals surface area contributed by atoms with E-state index in [4.69, 9.17) is 9.72 Å². The summed E-state index contributed by atoms with van der Waals surface area (Å²) < 4.78 is 80.2. The lowest BCUT2D eigenvalue weighted by Crippen LogP contribution is -2.47. The molecular weight excluding hydrogens is 623 g/mol. The Bertz CT molecular complexity index is 1560. The van der Waals surface area contributed by atoms with Crippen molar-refractivity contribution in [1.29, 1.82) is 0 Å². The second-order valence-corrected chi connectivity index (χ2v) is 12.2. The first kappa shape index (κ1) is 32.2. The van der Waals surface area contributed by atoms with Crippen LogP contribution in [-0.2, 0) is 22.6 Å². The van der Waals surface area contributed by atoms with Gasteiger partial charge in [-0.1, -0.05) is 5.16 Å². The van der Waals surface area contributed by atoms with Crippen LogP contribution in [0.4, 0.5) is 22.0 Å². The number of rotatable bonds is 8. The fraction of sp³-hybridized carbons (Fsp3) is 0.679. The van der Waals surface area contributed by atoms with Crippen molar-refractivity contribution in [3.8, 4) is 0 Å². The van der Waals surface area contributed by atoms with Crippen LogP contribution in [0.5, 0.6) is 0 Å². The van der Waals surface area contributed by atoms with Gasteiger partial charge in [0.25, 0.3) is 11.7 Å². The SMILES string of the molecule is O=C(N[C@H](c1cn2nc(C[C@H]3C[C@@H](C(F)(F)F)CNC3=O)c(C3CCOCC3)nc2n1)C1CCC(F)(F)CC1)c1nonc1CO.